The van der Waals surface area contributed by atoms with Gasteiger partial charge in [0.2, 0.25) is 0 Å². The van der Waals surface area contributed by atoms with E-state index in [1.165, 1.54) is 6.07 Å². The molecule has 0 saturated carbocycles. The first-order chi connectivity index (χ1) is 14.2. The lowest BCUT2D eigenvalue weighted by atomic mass is 10.1. The van der Waals surface area contributed by atoms with Gasteiger partial charge < -0.3 is 14.5 Å². The summed E-state index contributed by atoms with van der Waals surface area (Å²) in [6.07, 6.45) is 3.67. The van der Waals surface area contributed by atoms with Crippen LogP contribution < -0.4 is 15.5 Å². The molecule has 0 aliphatic rings. The van der Waals surface area contributed by atoms with E-state index in [0.29, 0.717) is 34.5 Å². The molecule has 1 N–H and O–H groups in total. The zero-order valence-electron chi connectivity index (χ0n) is 16.0. The molecule has 146 valence electrons. The lowest BCUT2D eigenvalue weighted by Crippen LogP contribution is -2.15. The molecule has 2 aromatic heterocycles. The first-order valence-electron chi connectivity index (χ1n) is 9.52. The highest BCUT2D eigenvalue weighted by Gasteiger charge is 2.15. The number of hydrogen-bond acceptors (Lipinski definition) is 5. The molecule has 4 rings (SSSR count). The average Bonchev–Trinajstić information content (AvgIpc) is 2.75. The van der Waals surface area contributed by atoms with Crippen LogP contribution in [-0.4, -0.2) is 17.5 Å². The van der Waals surface area contributed by atoms with Crippen molar-refractivity contribution in [1.29, 1.82) is 0 Å². The molecule has 29 heavy (non-hydrogen) atoms. The molecule has 0 fully saturated rings. The normalized spacial score (nSPS) is 10.9. The molecule has 4 aromatic rings. The van der Waals surface area contributed by atoms with Gasteiger partial charge in [-0.05, 0) is 42.8 Å². The number of para-hydroxylation sites is 1. The molecular weight excluding hydrogens is 368 g/mol. The number of nitrogens with one attached hydrogen (secondary N) is 1. The largest absolute Gasteiger partial charge is 0.491 e. The Labute approximate surface area is 167 Å². The van der Waals surface area contributed by atoms with Crippen molar-refractivity contribution in [3.05, 3.63) is 76.8 Å². The summed E-state index contributed by atoms with van der Waals surface area (Å²) in [5.41, 5.74) is 1.35. The summed E-state index contributed by atoms with van der Waals surface area (Å²) in [5, 5.41) is 4.01. The minimum atomic E-state index is -0.502. The first-order valence-corrected chi connectivity index (χ1v) is 9.52. The lowest BCUT2D eigenvalue weighted by Gasteiger charge is -2.12. The van der Waals surface area contributed by atoms with E-state index in [9.17, 15) is 9.59 Å². The number of ether oxygens (including phenoxy) is 1. The summed E-state index contributed by atoms with van der Waals surface area (Å²) >= 11 is 0. The van der Waals surface area contributed by atoms with E-state index in [2.05, 4.69) is 17.2 Å². The van der Waals surface area contributed by atoms with Crippen LogP contribution in [0.25, 0.3) is 21.9 Å². The summed E-state index contributed by atoms with van der Waals surface area (Å²) in [7, 11) is 0. The third-order valence-electron chi connectivity index (χ3n) is 4.59. The van der Waals surface area contributed by atoms with Crippen LogP contribution in [0, 0.1) is 0 Å². The van der Waals surface area contributed by atoms with Crippen LogP contribution in [-0.2, 0) is 0 Å². The molecule has 0 aliphatic carbocycles. The molecular formula is C23H20N2O4. The summed E-state index contributed by atoms with van der Waals surface area (Å²) in [4.78, 5) is 29.4. The fourth-order valence-electron chi connectivity index (χ4n) is 3.10. The number of fused-ring (bicyclic) bond motifs is 2. The van der Waals surface area contributed by atoms with Crippen molar-refractivity contribution in [3.8, 4) is 5.75 Å². The maximum Gasteiger partial charge on any atom is 0.291 e. The molecule has 0 saturated heterocycles. The van der Waals surface area contributed by atoms with E-state index in [1.807, 2.05) is 6.07 Å². The van der Waals surface area contributed by atoms with Gasteiger partial charge in [-0.1, -0.05) is 25.5 Å². The Morgan fingerprint density at radius 3 is 2.79 bits per heavy atom. The molecule has 0 bridgehead atoms. The van der Waals surface area contributed by atoms with Crippen LogP contribution in [0.15, 0.2) is 70.0 Å². The second kappa shape index (κ2) is 8.14. The van der Waals surface area contributed by atoms with E-state index in [4.69, 9.17) is 9.15 Å². The Morgan fingerprint density at radius 2 is 1.93 bits per heavy atom. The smallest absolute Gasteiger partial charge is 0.291 e. The fourth-order valence-corrected chi connectivity index (χ4v) is 3.10. The SMILES string of the molecule is CCCCOc1ccc(NC(=O)c2cc(=O)c3ccccc3o2)c2cccnc12. The molecule has 0 spiro atoms. The van der Waals surface area contributed by atoms with Gasteiger partial charge in [0.15, 0.2) is 11.2 Å². The van der Waals surface area contributed by atoms with Crippen LogP contribution in [0.5, 0.6) is 5.75 Å². The molecule has 6 heteroatoms. The van der Waals surface area contributed by atoms with Crippen molar-refractivity contribution < 1.29 is 13.9 Å². The first kappa shape index (κ1) is 18.7. The van der Waals surface area contributed by atoms with Crippen molar-refractivity contribution in [2.45, 2.75) is 19.8 Å². The maximum atomic E-state index is 12.8. The van der Waals surface area contributed by atoms with E-state index in [0.717, 1.165) is 18.2 Å². The Balaban J connectivity index is 1.67. The van der Waals surface area contributed by atoms with E-state index < -0.39 is 5.91 Å². The van der Waals surface area contributed by atoms with Gasteiger partial charge in [-0.3, -0.25) is 14.6 Å². The number of unbranched alkanes of at least 4 members (excludes halogenated alkanes) is 1. The van der Waals surface area contributed by atoms with Crippen LogP contribution >= 0.6 is 0 Å². The second-order valence-electron chi connectivity index (χ2n) is 6.64. The number of nitrogens with zero attached hydrogens (tertiary/aromatic N) is 1. The van der Waals surface area contributed by atoms with Gasteiger partial charge in [-0.25, -0.2) is 0 Å². The predicted octanol–water partition coefficient (Wildman–Crippen LogP) is 4.77. The molecule has 1 amide bonds. The Bertz CT molecular complexity index is 1250. The Hall–Kier alpha value is -3.67. The Morgan fingerprint density at radius 1 is 1.10 bits per heavy atom. The lowest BCUT2D eigenvalue weighted by molar-refractivity contribution is 0.0997. The van der Waals surface area contributed by atoms with Crippen LogP contribution in [0.3, 0.4) is 0 Å². The van der Waals surface area contributed by atoms with Crippen molar-refractivity contribution in [2.75, 3.05) is 11.9 Å². The highest BCUT2D eigenvalue weighted by Crippen LogP contribution is 2.30. The quantitative estimate of drug-likeness (QED) is 0.481. The van der Waals surface area contributed by atoms with E-state index in [-0.39, 0.29) is 11.2 Å². The number of carbonyl (C=O) groups is 1. The van der Waals surface area contributed by atoms with Crippen LogP contribution in [0.1, 0.15) is 30.3 Å². The van der Waals surface area contributed by atoms with Gasteiger partial charge in [-0.2, -0.15) is 0 Å². The third-order valence-corrected chi connectivity index (χ3v) is 4.59. The fraction of sp³-hybridized carbons (Fsp3) is 0.174. The van der Waals surface area contributed by atoms with Crippen LogP contribution in [0.2, 0.25) is 0 Å². The minimum absolute atomic E-state index is 0.0472. The maximum absolute atomic E-state index is 12.8. The number of rotatable bonds is 6. The number of amides is 1. The zero-order valence-corrected chi connectivity index (χ0v) is 16.0. The summed E-state index contributed by atoms with van der Waals surface area (Å²) in [5.74, 6) is 0.121. The number of hydrogen-bond donors (Lipinski definition) is 1. The average molecular weight is 388 g/mol. The molecule has 0 radical (unpaired) electrons. The van der Waals surface area contributed by atoms with Gasteiger partial charge in [-0.15, -0.1) is 0 Å². The highest BCUT2D eigenvalue weighted by atomic mass is 16.5. The Kier molecular flexibility index (Phi) is 5.24. The molecule has 2 heterocycles. The molecule has 0 unspecified atom stereocenters. The molecule has 0 atom stereocenters. The molecule has 2 aromatic carbocycles. The van der Waals surface area contributed by atoms with E-state index >= 15 is 0 Å². The van der Waals surface area contributed by atoms with Gasteiger partial charge in [0, 0.05) is 17.6 Å². The third kappa shape index (κ3) is 3.82. The van der Waals surface area contributed by atoms with Crippen molar-refractivity contribution in [1.82, 2.24) is 4.98 Å². The minimum Gasteiger partial charge on any atom is -0.491 e. The highest BCUT2D eigenvalue weighted by molar-refractivity contribution is 6.08. The zero-order chi connectivity index (χ0) is 20.2. The number of anilines is 1. The predicted molar refractivity (Wildman–Crippen MR) is 113 cm³/mol. The number of benzene rings is 2. The van der Waals surface area contributed by atoms with Crippen molar-refractivity contribution in [2.24, 2.45) is 0 Å². The summed E-state index contributed by atoms with van der Waals surface area (Å²) < 4.78 is 11.5. The monoisotopic (exact) mass is 388 g/mol. The van der Waals surface area contributed by atoms with Gasteiger partial charge in [0.25, 0.3) is 5.91 Å². The van der Waals surface area contributed by atoms with Crippen molar-refractivity contribution >= 4 is 33.5 Å². The van der Waals surface area contributed by atoms with E-state index in [1.54, 1.807) is 48.7 Å². The van der Waals surface area contributed by atoms with Crippen LogP contribution in [0.4, 0.5) is 5.69 Å². The van der Waals surface area contributed by atoms with Gasteiger partial charge in [0.05, 0.1) is 17.7 Å². The summed E-state index contributed by atoms with van der Waals surface area (Å²) in [6.45, 7) is 2.71. The van der Waals surface area contributed by atoms with Crippen molar-refractivity contribution in [3.63, 3.8) is 0 Å². The number of carbonyl (C=O) groups excluding carboxylic acids is 1. The number of pyridine rings is 1. The standard InChI is InChI=1S/C23H20N2O4/c1-2-3-13-28-20-11-10-17(15-8-6-12-24-22(15)20)25-23(27)21-14-18(26)16-7-4-5-9-19(16)29-21/h4-12,14H,2-3,13H2,1H3,(H,25,27). The summed E-state index contributed by atoms with van der Waals surface area (Å²) in [6, 6.07) is 15.3. The topological polar surface area (TPSA) is 81.4 Å². The number of aromatic nitrogens is 1. The second-order valence-corrected chi connectivity index (χ2v) is 6.64. The molecule has 6 nitrogen and oxygen atoms in total. The molecule has 0 aliphatic heterocycles. The van der Waals surface area contributed by atoms with Gasteiger partial charge >= 0.3 is 0 Å². The van der Waals surface area contributed by atoms with Gasteiger partial charge in [0.1, 0.15) is 16.8 Å².